The van der Waals surface area contributed by atoms with Crippen LogP contribution in [0.15, 0.2) is 121 Å². The van der Waals surface area contributed by atoms with E-state index in [1.165, 1.54) is 55.6 Å². The Bertz CT molecular complexity index is 1270. The summed E-state index contributed by atoms with van der Waals surface area (Å²) in [5, 5.41) is 1.54. The minimum absolute atomic E-state index is 0.771. The van der Waals surface area contributed by atoms with Gasteiger partial charge in [-0.3, -0.25) is 0 Å². The van der Waals surface area contributed by atoms with Crippen LogP contribution in [0.25, 0.3) is 44.5 Å². The molecule has 0 heterocycles. The van der Waals surface area contributed by atoms with E-state index in [0.717, 1.165) is 10.7 Å². The molecule has 0 aliphatic rings. The van der Waals surface area contributed by atoms with Gasteiger partial charge in [0.2, 0.25) is 0 Å². The van der Waals surface area contributed by atoms with Gasteiger partial charge in [0, 0.05) is 10.7 Å². The van der Waals surface area contributed by atoms with E-state index in [2.05, 4.69) is 153 Å². The molecule has 0 nitrogen and oxygen atoms in total. The lowest BCUT2D eigenvalue weighted by Gasteiger charge is -2.27. The highest BCUT2D eigenvalue weighted by molar-refractivity contribution is 9.09. The fraction of sp³-hybridized carbons (Fsp3) is 0.0625. The average Bonchev–Trinajstić information content (AvgIpc) is 2.93. The number of halogens is 2. The first-order chi connectivity index (χ1) is 16.8. The molecule has 2 heteroatoms. The van der Waals surface area contributed by atoms with Crippen molar-refractivity contribution in [3.05, 3.63) is 132 Å². The molecule has 5 aromatic rings. The van der Waals surface area contributed by atoms with Crippen molar-refractivity contribution in [2.45, 2.75) is 10.7 Å². The average molecular weight is 568 g/mol. The molecule has 0 aliphatic carbocycles. The third-order valence-corrected chi connectivity index (χ3v) is 7.36. The van der Waals surface area contributed by atoms with Crippen molar-refractivity contribution < 1.29 is 0 Å². The van der Waals surface area contributed by atoms with E-state index < -0.39 is 0 Å². The van der Waals surface area contributed by atoms with Crippen LogP contribution < -0.4 is 0 Å². The summed E-state index contributed by atoms with van der Waals surface area (Å²) in [4.78, 5) is 0. The number of hydrogen-bond acceptors (Lipinski definition) is 0. The SMILES string of the molecule is BrCc1c(CBr)c(-c2ccccc2)c(-c2ccccc2)c(-c2ccccc2)c1-c1ccccc1. The van der Waals surface area contributed by atoms with Crippen LogP contribution in [-0.2, 0) is 10.7 Å². The molecule has 0 radical (unpaired) electrons. The maximum absolute atomic E-state index is 3.87. The monoisotopic (exact) mass is 566 g/mol. The summed E-state index contributed by atoms with van der Waals surface area (Å²) in [5.41, 5.74) is 12.7. The van der Waals surface area contributed by atoms with Crippen LogP contribution in [0.1, 0.15) is 11.1 Å². The fourth-order valence-electron chi connectivity index (χ4n) is 4.78. The molecule has 0 bridgehead atoms. The first-order valence-corrected chi connectivity index (χ1v) is 13.6. The second kappa shape index (κ2) is 10.5. The second-order valence-electron chi connectivity index (χ2n) is 8.19. The lowest BCUT2D eigenvalue weighted by Crippen LogP contribution is -2.04. The molecular weight excluding hydrogens is 544 g/mol. The van der Waals surface area contributed by atoms with Crippen LogP contribution in [-0.4, -0.2) is 0 Å². The molecule has 0 amide bonds. The molecule has 166 valence electrons. The van der Waals surface area contributed by atoms with Gasteiger partial charge in [0.25, 0.3) is 0 Å². The second-order valence-corrected chi connectivity index (χ2v) is 9.31. The fourth-order valence-corrected chi connectivity index (χ4v) is 6.02. The summed E-state index contributed by atoms with van der Waals surface area (Å²) in [5.74, 6) is 0. The van der Waals surface area contributed by atoms with Crippen LogP contribution in [0.5, 0.6) is 0 Å². The smallest absolute Gasteiger partial charge is 0.0292 e. The zero-order valence-corrected chi connectivity index (χ0v) is 21.9. The van der Waals surface area contributed by atoms with E-state index in [4.69, 9.17) is 0 Å². The molecular formula is C32H24Br2. The Morgan fingerprint density at radius 2 is 0.559 bits per heavy atom. The lowest BCUT2D eigenvalue weighted by molar-refractivity contribution is 1.30. The third kappa shape index (κ3) is 4.29. The van der Waals surface area contributed by atoms with Crippen molar-refractivity contribution >= 4 is 31.9 Å². The molecule has 34 heavy (non-hydrogen) atoms. The van der Waals surface area contributed by atoms with Crippen LogP contribution in [0.3, 0.4) is 0 Å². The van der Waals surface area contributed by atoms with Crippen LogP contribution in [0.2, 0.25) is 0 Å². The van der Waals surface area contributed by atoms with Crippen molar-refractivity contribution in [2.24, 2.45) is 0 Å². The number of rotatable bonds is 6. The highest BCUT2D eigenvalue weighted by Crippen LogP contribution is 2.50. The summed E-state index contributed by atoms with van der Waals surface area (Å²) >= 11 is 7.74. The molecule has 0 atom stereocenters. The zero-order valence-electron chi connectivity index (χ0n) is 18.7. The first-order valence-electron chi connectivity index (χ1n) is 11.4. The van der Waals surface area contributed by atoms with Crippen molar-refractivity contribution in [2.75, 3.05) is 0 Å². The van der Waals surface area contributed by atoms with Crippen molar-refractivity contribution in [3.8, 4) is 44.5 Å². The van der Waals surface area contributed by atoms with Gasteiger partial charge in [-0.2, -0.15) is 0 Å². The largest absolute Gasteiger partial charge is 0.0876 e. The molecule has 0 aromatic heterocycles. The minimum atomic E-state index is 0.771. The molecule has 0 N–H and O–H groups in total. The maximum atomic E-state index is 3.87. The molecule has 5 rings (SSSR count). The molecule has 0 unspecified atom stereocenters. The normalized spacial score (nSPS) is 10.9. The van der Waals surface area contributed by atoms with Gasteiger partial charge in [-0.25, -0.2) is 0 Å². The lowest BCUT2D eigenvalue weighted by atomic mass is 9.78. The Kier molecular flexibility index (Phi) is 7.08. The van der Waals surface area contributed by atoms with Crippen LogP contribution in [0, 0.1) is 0 Å². The zero-order chi connectivity index (χ0) is 23.3. The van der Waals surface area contributed by atoms with E-state index in [1.54, 1.807) is 0 Å². The van der Waals surface area contributed by atoms with E-state index in [0.29, 0.717) is 0 Å². The summed E-state index contributed by atoms with van der Waals surface area (Å²) < 4.78 is 0. The van der Waals surface area contributed by atoms with Gasteiger partial charge in [0.05, 0.1) is 0 Å². The number of benzene rings is 5. The first kappa shape index (κ1) is 22.8. The minimum Gasteiger partial charge on any atom is -0.0876 e. The highest BCUT2D eigenvalue weighted by Gasteiger charge is 2.26. The van der Waals surface area contributed by atoms with Crippen molar-refractivity contribution in [1.82, 2.24) is 0 Å². The number of alkyl halides is 2. The predicted octanol–water partition coefficient (Wildman–Crippen LogP) is 10.1. The van der Waals surface area contributed by atoms with Crippen LogP contribution in [0.4, 0.5) is 0 Å². The Morgan fingerprint density at radius 3 is 0.794 bits per heavy atom. The van der Waals surface area contributed by atoms with Crippen LogP contribution >= 0.6 is 31.9 Å². The van der Waals surface area contributed by atoms with Crippen molar-refractivity contribution in [3.63, 3.8) is 0 Å². The molecule has 5 aromatic carbocycles. The predicted molar refractivity (Wildman–Crippen MR) is 153 cm³/mol. The summed E-state index contributed by atoms with van der Waals surface area (Å²) in [6.07, 6.45) is 0. The van der Waals surface area contributed by atoms with Gasteiger partial charge < -0.3 is 0 Å². The summed E-state index contributed by atoms with van der Waals surface area (Å²) in [6.45, 7) is 0. The maximum Gasteiger partial charge on any atom is 0.0292 e. The van der Waals surface area contributed by atoms with Crippen molar-refractivity contribution in [1.29, 1.82) is 0 Å². The third-order valence-electron chi connectivity index (χ3n) is 6.23. The Labute approximate surface area is 218 Å². The standard InChI is InChI=1S/C32H24Br2/c33-21-27-28(22-34)30(24-15-7-2-8-16-24)32(26-19-11-4-12-20-26)31(25-17-9-3-10-18-25)29(27)23-13-5-1-6-14-23/h1-20H,21-22H2. The quantitative estimate of drug-likeness (QED) is 0.179. The highest BCUT2D eigenvalue weighted by atomic mass is 79.9. The van der Waals surface area contributed by atoms with Gasteiger partial charge in [-0.1, -0.05) is 153 Å². The van der Waals surface area contributed by atoms with E-state index in [9.17, 15) is 0 Å². The Morgan fingerprint density at radius 1 is 0.324 bits per heavy atom. The molecule has 0 aliphatic heterocycles. The van der Waals surface area contributed by atoms with Gasteiger partial charge in [-0.05, 0) is 55.6 Å². The molecule has 0 spiro atoms. The van der Waals surface area contributed by atoms with E-state index in [-0.39, 0.29) is 0 Å². The molecule has 0 saturated heterocycles. The van der Waals surface area contributed by atoms with Gasteiger partial charge in [-0.15, -0.1) is 0 Å². The van der Waals surface area contributed by atoms with E-state index in [1.807, 2.05) is 0 Å². The Balaban J connectivity index is 2.05. The van der Waals surface area contributed by atoms with Gasteiger partial charge in [0.1, 0.15) is 0 Å². The Hall–Kier alpha value is -2.94. The summed E-state index contributed by atoms with van der Waals surface area (Å²) in [6, 6.07) is 43.2. The topological polar surface area (TPSA) is 0 Å². The van der Waals surface area contributed by atoms with Gasteiger partial charge >= 0.3 is 0 Å². The van der Waals surface area contributed by atoms with E-state index >= 15 is 0 Å². The molecule has 0 fully saturated rings. The number of hydrogen-bond donors (Lipinski definition) is 0. The summed E-state index contributed by atoms with van der Waals surface area (Å²) in [7, 11) is 0. The van der Waals surface area contributed by atoms with Gasteiger partial charge in [0.15, 0.2) is 0 Å². The molecule has 0 saturated carbocycles.